The van der Waals surface area contributed by atoms with Crippen LogP contribution >= 0.6 is 0 Å². The fraction of sp³-hybridized carbons (Fsp3) is 0.652. The number of ether oxygens (including phenoxy) is 2. The molecule has 1 saturated heterocycles. The van der Waals surface area contributed by atoms with Crippen LogP contribution in [0.15, 0.2) is 18.5 Å². The lowest BCUT2D eigenvalue weighted by Crippen LogP contribution is -2.44. The maximum atomic E-state index is 14.9. The molecule has 2 aromatic heterocycles. The molecule has 2 aliphatic rings. The van der Waals surface area contributed by atoms with Gasteiger partial charge in [-0.2, -0.15) is 0 Å². The predicted octanol–water partition coefficient (Wildman–Crippen LogP) is 4.22. The van der Waals surface area contributed by atoms with Gasteiger partial charge in [0.25, 0.3) is 5.91 Å². The molecular formula is C23H32FN3O3. The van der Waals surface area contributed by atoms with Crippen molar-refractivity contribution in [1.29, 1.82) is 0 Å². The molecule has 0 aromatic carbocycles. The van der Waals surface area contributed by atoms with Crippen molar-refractivity contribution in [2.75, 3.05) is 20.3 Å². The molecule has 0 radical (unpaired) electrons. The molecule has 6 nitrogen and oxygen atoms in total. The maximum absolute atomic E-state index is 14.9. The number of hydrogen-bond donors (Lipinski definition) is 0. The van der Waals surface area contributed by atoms with E-state index in [4.69, 9.17) is 9.47 Å². The largest absolute Gasteiger partial charge is 0.385 e. The SMILES string of the molecule is COCCCCn1cc([C@H](C)N(C(=O)[C@H]2CCCCO2)C2CC2)c2c(F)ccnc21. The van der Waals surface area contributed by atoms with Crippen molar-refractivity contribution in [2.45, 2.75) is 76.6 Å². The highest BCUT2D eigenvalue weighted by Gasteiger charge is 2.40. The van der Waals surface area contributed by atoms with E-state index >= 15 is 0 Å². The van der Waals surface area contributed by atoms with Crippen molar-refractivity contribution in [3.8, 4) is 0 Å². The summed E-state index contributed by atoms with van der Waals surface area (Å²) in [5, 5.41) is 0.528. The van der Waals surface area contributed by atoms with Gasteiger partial charge < -0.3 is 18.9 Å². The Labute approximate surface area is 177 Å². The number of halogens is 1. The lowest BCUT2D eigenvalue weighted by Gasteiger charge is -2.34. The molecule has 0 N–H and O–H groups in total. The van der Waals surface area contributed by atoms with Crippen LogP contribution in [0.2, 0.25) is 0 Å². The summed E-state index contributed by atoms with van der Waals surface area (Å²) < 4.78 is 27.8. The minimum absolute atomic E-state index is 0.0509. The Morgan fingerprint density at radius 3 is 2.90 bits per heavy atom. The number of pyridine rings is 1. The first-order chi connectivity index (χ1) is 14.6. The summed E-state index contributed by atoms with van der Waals surface area (Å²) in [6.07, 6.45) is 9.78. The normalized spacial score (nSPS) is 20.4. The van der Waals surface area contributed by atoms with E-state index in [1.807, 2.05) is 22.6 Å². The summed E-state index contributed by atoms with van der Waals surface area (Å²) in [4.78, 5) is 19.8. The zero-order chi connectivity index (χ0) is 21.1. The highest BCUT2D eigenvalue weighted by atomic mass is 19.1. The van der Waals surface area contributed by atoms with E-state index in [1.54, 1.807) is 7.11 Å². The molecule has 3 heterocycles. The Kier molecular flexibility index (Phi) is 6.68. The lowest BCUT2D eigenvalue weighted by molar-refractivity contribution is -0.149. The highest BCUT2D eigenvalue weighted by molar-refractivity contribution is 5.85. The number of unbranched alkanes of at least 4 members (excludes halogenated alkanes) is 1. The smallest absolute Gasteiger partial charge is 0.252 e. The average molecular weight is 418 g/mol. The first-order valence-electron chi connectivity index (χ1n) is 11.2. The summed E-state index contributed by atoms with van der Waals surface area (Å²) in [5.41, 5.74) is 1.48. The number of rotatable bonds is 9. The van der Waals surface area contributed by atoms with Crippen LogP contribution in [0.4, 0.5) is 4.39 Å². The number of carbonyl (C=O) groups excluding carboxylic acids is 1. The van der Waals surface area contributed by atoms with Gasteiger partial charge in [0.2, 0.25) is 0 Å². The van der Waals surface area contributed by atoms with Gasteiger partial charge in [-0.1, -0.05) is 0 Å². The molecule has 0 bridgehead atoms. The Hall–Kier alpha value is -1.99. The third-order valence-corrected chi connectivity index (χ3v) is 6.25. The third kappa shape index (κ3) is 4.37. The van der Waals surface area contributed by atoms with Crippen molar-refractivity contribution < 1.29 is 18.7 Å². The highest BCUT2D eigenvalue weighted by Crippen LogP contribution is 2.39. The molecule has 2 fully saturated rings. The zero-order valence-electron chi connectivity index (χ0n) is 18.0. The monoisotopic (exact) mass is 417 g/mol. The second-order valence-electron chi connectivity index (χ2n) is 8.48. The standard InChI is InChI=1S/C23H32FN3O3/c1-16(27(17-8-9-17)23(28)20-7-3-5-14-30-20)18-15-26(12-4-6-13-29-2)22-21(18)19(24)10-11-25-22/h10-11,15-17,20H,3-9,12-14H2,1-2H3/t16-,20+/m0/s1. The number of nitrogens with zero attached hydrogens (tertiary/aromatic N) is 3. The molecule has 7 heteroatoms. The van der Waals surface area contributed by atoms with Gasteiger partial charge >= 0.3 is 0 Å². The van der Waals surface area contributed by atoms with Gasteiger partial charge in [0.05, 0.1) is 11.4 Å². The van der Waals surface area contributed by atoms with Crippen LogP contribution in [0, 0.1) is 5.82 Å². The molecule has 1 saturated carbocycles. The van der Waals surface area contributed by atoms with Gasteiger partial charge in [-0.25, -0.2) is 9.37 Å². The van der Waals surface area contributed by atoms with Crippen LogP contribution in [-0.4, -0.2) is 52.8 Å². The first kappa shape index (κ1) is 21.2. The first-order valence-corrected chi connectivity index (χ1v) is 11.2. The van der Waals surface area contributed by atoms with Gasteiger partial charge in [-0.05, 0) is 57.9 Å². The summed E-state index contributed by atoms with van der Waals surface area (Å²) >= 11 is 0. The summed E-state index contributed by atoms with van der Waals surface area (Å²) in [7, 11) is 1.70. The minimum Gasteiger partial charge on any atom is -0.385 e. The van der Waals surface area contributed by atoms with E-state index in [-0.39, 0.29) is 29.9 Å². The van der Waals surface area contributed by atoms with E-state index in [2.05, 4.69) is 4.98 Å². The lowest BCUT2D eigenvalue weighted by atomic mass is 10.0. The van der Waals surface area contributed by atoms with Crippen LogP contribution in [-0.2, 0) is 20.8 Å². The second-order valence-corrected chi connectivity index (χ2v) is 8.48. The number of fused-ring (bicyclic) bond motifs is 1. The van der Waals surface area contributed by atoms with Gasteiger partial charge in [-0.15, -0.1) is 0 Å². The maximum Gasteiger partial charge on any atom is 0.252 e. The van der Waals surface area contributed by atoms with Crippen molar-refractivity contribution in [1.82, 2.24) is 14.5 Å². The third-order valence-electron chi connectivity index (χ3n) is 6.25. The summed E-state index contributed by atoms with van der Waals surface area (Å²) in [6, 6.07) is 1.40. The van der Waals surface area contributed by atoms with Crippen LogP contribution < -0.4 is 0 Å². The Morgan fingerprint density at radius 1 is 1.37 bits per heavy atom. The fourth-order valence-electron chi connectivity index (χ4n) is 4.51. The molecule has 1 aliphatic carbocycles. The number of aromatic nitrogens is 2. The molecule has 2 aromatic rings. The molecular weight excluding hydrogens is 385 g/mol. The van der Waals surface area contributed by atoms with Crippen molar-refractivity contribution in [2.24, 2.45) is 0 Å². The zero-order valence-corrected chi connectivity index (χ0v) is 18.0. The van der Waals surface area contributed by atoms with Crippen LogP contribution in [0.5, 0.6) is 0 Å². The molecule has 2 atom stereocenters. The van der Waals surface area contributed by atoms with Crippen LogP contribution in [0.1, 0.15) is 63.5 Å². The quantitative estimate of drug-likeness (QED) is 0.573. The van der Waals surface area contributed by atoms with E-state index in [9.17, 15) is 9.18 Å². The van der Waals surface area contributed by atoms with Gasteiger partial charge in [0.1, 0.15) is 17.6 Å². The number of methoxy groups -OCH3 is 1. The Morgan fingerprint density at radius 2 is 2.20 bits per heavy atom. The second kappa shape index (κ2) is 9.43. The number of carbonyl (C=O) groups is 1. The molecule has 1 aliphatic heterocycles. The number of amides is 1. The van der Waals surface area contributed by atoms with Gasteiger partial charge in [0.15, 0.2) is 0 Å². The average Bonchev–Trinajstić information content (AvgIpc) is 3.52. The molecule has 1 amide bonds. The minimum atomic E-state index is -0.368. The predicted molar refractivity (Wildman–Crippen MR) is 113 cm³/mol. The fourth-order valence-corrected chi connectivity index (χ4v) is 4.51. The van der Waals surface area contributed by atoms with Crippen LogP contribution in [0.3, 0.4) is 0 Å². The Balaban J connectivity index is 1.63. The molecule has 4 rings (SSSR count). The van der Waals surface area contributed by atoms with Crippen molar-refractivity contribution >= 4 is 16.9 Å². The number of aryl methyl sites for hydroxylation is 1. The molecule has 0 unspecified atom stereocenters. The topological polar surface area (TPSA) is 56.6 Å². The van der Waals surface area contributed by atoms with Crippen molar-refractivity contribution in [3.63, 3.8) is 0 Å². The van der Waals surface area contributed by atoms with E-state index in [0.717, 1.165) is 57.1 Å². The Bertz CT molecular complexity index is 874. The van der Waals surface area contributed by atoms with E-state index in [0.29, 0.717) is 24.2 Å². The van der Waals surface area contributed by atoms with Gasteiger partial charge in [0, 0.05) is 50.9 Å². The van der Waals surface area contributed by atoms with E-state index in [1.165, 1.54) is 12.3 Å². The van der Waals surface area contributed by atoms with Crippen molar-refractivity contribution in [3.05, 3.63) is 29.8 Å². The molecule has 30 heavy (non-hydrogen) atoms. The summed E-state index contributed by atoms with van der Waals surface area (Å²) in [6.45, 7) is 4.10. The molecule has 0 spiro atoms. The van der Waals surface area contributed by atoms with E-state index < -0.39 is 0 Å². The molecule has 164 valence electrons. The van der Waals surface area contributed by atoms with Crippen LogP contribution in [0.25, 0.3) is 11.0 Å². The number of hydrogen-bond acceptors (Lipinski definition) is 4. The summed E-state index contributed by atoms with van der Waals surface area (Å²) in [5.74, 6) is -0.232. The van der Waals surface area contributed by atoms with Gasteiger partial charge in [-0.3, -0.25) is 4.79 Å².